The lowest BCUT2D eigenvalue weighted by atomic mass is 10.1. The summed E-state index contributed by atoms with van der Waals surface area (Å²) in [6.45, 7) is 2.63. The van der Waals surface area contributed by atoms with Crippen LogP contribution in [-0.4, -0.2) is 18.0 Å². The van der Waals surface area contributed by atoms with Crippen molar-refractivity contribution in [3.63, 3.8) is 0 Å². The minimum absolute atomic E-state index is 0.338. The van der Waals surface area contributed by atoms with Crippen molar-refractivity contribution < 1.29 is 2.74 Å². The molecular formula is C13H16N2. The van der Waals surface area contributed by atoms with Crippen LogP contribution in [0.2, 0.25) is 0 Å². The molecule has 1 aromatic carbocycles. The Morgan fingerprint density at radius 1 is 1.47 bits per heavy atom. The quantitative estimate of drug-likeness (QED) is 0.716. The Hall–Kier alpha value is -1.54. The maximum Gasteiger partial charge on any atom is 0.0456 e. The van der Waals surface area contributed by atoms with Crippen LogP contribution in [0.5, 0.6) is 0 Å². The molecule has 0 unspecified atom stereocenters. The monoisotopic (exact) mass is 202 g/mol. The van der Waals surface area contributed by atoms with E-state index in [9.17, 15) is 0 Å². The fourth-order valence-electron chi connectivity index (χ4n) is 1.58. The van der Waals surface area contributed by atoms with Gasteiger partial charge in [-0.2, -0.15) is 0 Å². The fraction of sp³-hybridized carbons (Fsp3) is 0.231. The first-order chi connectivity index (χ1) is 8.12. The summed E-state index contributed by atoms with van der Waals surface area (Å²) in [6.07, 6.45) is 3.87. The molecule has 0 spiro atoms. The summed E-state index contributed by atoms with van der Waals surface area (Å²) in [6, 6.07) is 7.93. The summed E-state index contributed by atoms with van der Waals surface area (Å²) in [5.74, 6) is 0. The highest BCUT2D eigenvalue weighted by Gasteiger charge is 2.01. The first-order valence-corrected chi connectivity index (χ1v) is 5.03. The Morgan fingerprint density at radius 2 is 2.33 bits per heavy atom. The maximum atomic E-state index is 7.87. The Bertz CT molecular complexity index is 517. The molecule has 0 bridgehead atoms. The van der Waals surface area contributed by atoms with Crippen molar-refractivity contribution >= 4 is 10.9 Å². The number of H-pyrrole nitrogens is 1. The average Bonchev–Trinajstić information content (AvgIpc) is 2.70. The molecule has 0 atom stereocenters. The van der Waals surface area contributed by atoms with Gasteiger partial charge in [-0.25, -0.2) is 0 Å². The van der Waals surface area contributed by atoms with Gasteiger partial charge in [0.1, 0.15) is 0 Å². The van der Waals surface area contributed by atoms with Crippen molar-refractivity contribution in [3.05, 3.63) is 48.7 Å². The minimum Gasteiger partial charge on any atom is -0.361 e. The number of hydrogen-bond donors (Lipinski definition) is 2. The smallest absolute Gasteiger partial charge is 0.0456 e. The fourth-order valence-corrected chi connectivity index (χ4v) is 1.58. The molecule has 2 N–H and O–H groups in total. The van der Waals surface area contributed by atoms with Crippen molar-refractivity contribution in [2.45, 2.75) is 6.42 Å². The second kappa shape index (κ2) is 4.80. The van der Waals surface area contributed by atoms with Crippen molar-refractivity contribution in [2.75, 3.05) is 13.0 Å². The molecule has 15 heavy (non-hydrogen) atoms. The van der Waals surface area contributed by atoms with E-state index in [0.717, 1.165) is 16.5 Å². The lowest BCUT2D eigenvalue weighted by Gasteiger charge is -2.00. The standard InChI is InChI=1S/C13H16N2/c1-2-8-14-9-7-11-10-15-13-6-4-3-5-12(11)13/h2-6,10,14-15H,1,7-9H2/i9D2. The molecule has 0 aliphatic carbocycles. The zero-order chi connectivity index (χ0) is 12.3. The molecule has 0 aliphatic rings. The summed E-state index contributed by atoms with van der Waals surface area (Å²) >= 11 is 0. The lowest BCUT2D eigenvalue weighted by molar-refractivity contribution is 0.747. The van der Waals surface area contributed by atoms with Crippen molar-refractivity contribution in [1.82, 2.24) is 10.3 Å². The average molecular weight is 202 g/mol. The molecule has 2 aromatic rings. The third kappa shape index (κ3) is 2.28. The van der Waals surface area contributed by atoms with Gasteiger partial charge in [-0.05, 0) is 24.5 Å². The molecule has 0 radical (unpaired) electrons. The van der Waals surface area contributed by atoms with Crippen LogP contribution in [-0.2, 0) is 6.42 Å². The normalized spacial score (nSPS) is 13.6. The van der Waals surface area contributed by atoms with Crippen LogP contribution >= 0.6 is 0 Å². The van der Waals surface area contributed by atoms with Gasteiger partial charge in [0.15, 0.2) is 0 Å². The predicted molar refractivity (Wildman–Crippen MR) is 65.1 cm³/mol. The lowest BCUT2D eigenvalue weighted by Crippen LogP contribution is -2.16. The van der Waals surface area contributed by atoms with Gasteiger partial charge in [-0.15, -0.1) is 6.58 Å². The van der Waals surface area contributed by atoms with Crippen LogP contribution in [0.3, 0.4) is 0 Å². The Labute approximate surface area is 92.8 Å². The first kappa shape index (κ1) is 7.71. The highest BCUT2D eigenvalue weighted by Crippen LogP contribution is 2.17. The first-order valence-electron chi connectivity index (χ1n) is 6.03. The van der Waals surface area contributed by atoms with E-state index < -0.39 is 6.50 Å². The van der Waals surface area contributed by atoms with Gasteiger partial charge in [0.2, 0.25) is 0 Å². The van der Waals surface area contributed by atoms with Crippen molar-refractivity contribution in [3.8, 4) is 0 Å². The Morgan fingerprint density at radius 3 is 3.20 bits per heavy atom. The molecule has 0 amide bonds. The third-order valence-corrected chi connectivity index (χ3v) is 2.33. The minimum atomic E-state index is -1.42. The number of aromatic amines is 1. The van der Waals surface area contributed by atoms with Gasteiger partial charge in [0, 0.05) is 26.4 Å². The SMILES string of the molecule is [2H]C([2H])(Cc1c[nH]c2ccccc12)NCC=C. The maximum absolute atomic E-state index is 7.87. The molecular weight excluding hydrogens is 184 g/mol. The van der Waals surface area contributed by atoms with E-state index in [1.807, 2.05) is 30.5 Å². The summed E-state index contributed by atoms with van der Waals surface area (Å²) in [4.78, 5) is 3.15. The molecule has 0 saturated carbocycles. The number of fused-ring (bicyclic) bond motifs is 1. The van der Waals surface area contributed by atoms with Gasteiger partial charge in [0.25, 0.3) is 0 Å². The summed E-state index contributed by atoms with van der Waals surface area (Å²) in [7, 11) is 0. The van der Waals surface area contributed by atoms with Crippen molar-refractivity contribution in [1.29, 1.82) is 0 Å². The third-order valence-electron chi connectivity index (χ3n) is 2.33. The number of aromatic nitrogens is 1. The van der Waals surface area contributed by atoms with Crippen LogP contribution < -0.4 is 5.32 Å². The molecule has 1 heterocycles. The number of para-hydroxylation sites is 1. The number of aryl methyl sites for hydroxylation is 1. The molecule has 1 aromatic heterocycles. The Balaban J connectivity index is 2.20. The van der Waals surface area contributed by atoms with Gasteiger partial charge in [-0.1, -0.05) is 24.3 Å². The molecule has 2 nitrogen and oxygen atoms in total. The summed E-state index contributed by atoms with van der Waals surface area (Å²) < 4.78 is 15.7. The van der Waals surface area contributed by atoms with Gasteiger partial charge in [-0.3, -0.25) is 0 Å². The van der Waals surface area contributed by atoms with Crippen molar-refractivity contribution in [2.24, 2.45) is 0 Å². The highest BCUT2D eigenvalue weighted by atomic mass is 14.8. The van der Waals surface area contributed by atoms with E-state index in [-0.39, 0.29) is 0 Å². The van der Waals surface area contributed by atoms with E-state index in [1.54, 1.807) is 6.08 Å². The second-order valence-electron chi connectivity index (χ2n) is 3.38. The topological polar surface area (TPSA) is 27.8 Å². The van der Waals surface area contributed by atoms with Crippen LogP contribution in [0, 0.1) is 0 Å². The molecule has 0 aliphatic heterocycles. The van der Waals surface area contributed by atoms with E-state index in [1.165, 1.54) is 0 Å². The number of hydrogen-bond acceptors (Lipinski definition) is 1. The Kier molecular flexibility index (Phi) is 2.47. The molecule has 2 rings (SSSR count). The van der Waals surface area contributed by atoms with E-state index >= 15 is 0 Å². The predicted octanol–water partition coefficient (Wildman–Crippen LogP) is 2.49. The summed E-state index contributed by atoms with van der Waals surface area (Å²) in [5.41, 5.74) is 2.03. The van der Waals surface area contributed by atoms with Crippen LogP contribution in [0.25, 0.3) is 10.9 Å². The molecule has 2 heteroatoms. The zero-order valence-corrected chi connectivity index (χ0v) is 8.59. The van der Waals surface area contributed by atoms with E-state index in [4.69, 9.17) is 2.74 Å². The largest absolute Gasteiger partial charge is 0.361 e. The second-order valence-corrected chi connectivity index (χ2v) is 3.38. The number of nitrogens with one attached hydrogen (secondary N) is 2. The van der Waals surface area contributed by atoms with Gasteiger partial charge in [0.05, 0.1) is 0 Å². The van der Waals surface area contributed by atoms with Gasteiger partial charge >= 0.3 is 0 Å². The van der Waals surface area contributed by atoms with E-state index in [0.29, 0.717) is 13.0 Å². The van der Waals surface area contributed by atoms with E-state index in [2.05, 4.69) is 16.9 Å². The molecule has 78 valence electrons. The molecule has 0 fully saturated rings. The number of benzene rings is 1. The van der Waals surface area contributed by atoms with Crippen LogP contribution in [0.4, 0.5) is 0 Å². The van der Waals surface area contributed by atoms with Crippen LogP contribution in [0.15, 0.2) is 43.1 Å². The van der Waals surface area contributed by atoms with Crippen LogP contribution in [0.1, 0.15) is 8.30 Å². The summed E-state index contributed by atoms with van der Waals surface area (Å²) in [5, 5.41) is 3.89. The highest BCUT2D eigenvalue weighted by molar-refractivity contribution is 5.83. The zero-order valence-electron chi connectivity index (χ0n) is 10.6. The van der Waals surface area contributed by atoms with Gasteiger partial charge < -0.3 is 10.3 Å². The molecule has 0 saturated heterocycles. The number of rotatable bonds is 5.